The number of anilines is 1. The van der Waals surface area contributed by atoms with Gasteiger partial charge in [-0.05, 0) is 35.9 Å². The van der Waals surface area contributed by atoms with Gasteiger partial charge in [0.2, 0.25) is 10.0 Å². The van der Waals surface area contributed by atoms with Crippen molar-refractivity contribution in [2.24, 2.45) is 0 Å². The Bertz CT molecular complexity index is 1180. The predicted molar refractivity (Wildman–Crippen MR) is 128 cm³/mol. The van der Waals surface area contributed by atoms with Crippen LogP contribution in [0.15, 0.2) is 57.2 Å². The first-order valence-electron chi connectivity index (χ1n) is 9.64. The summed E-state index contributed by atoms with van der Waals surface area (Å²) in [5.41, 5.74) is 2.13. The molecule has 6 nitrogen and oxygen atoms in total. The minimum atomic E-state index is -3.63. The number of aromatic nitrogens is 1. The standard InChI is InChI=1S/C21H21BrClN3O3S2/c1-29-18-4-2-3-15(12-18)11-17-14-30-21(24-17)25-7-9-26(10-8-25)31(27,28)20-6-5-16(22)13-19(20)23/h2-6,12-14H,7-11H2,1H3. The molecule has 10 heteroatoms. The third kappa shape index (κ3) is 5.06. The SMILES string of the molecule is COc1cccc(Cc2csc(N3CCN(S(=O)(=O)c4ccc(Br)cc4Cl)CC3)n2)c1. The average molecular weight is 543 g/mol. The van der Waals surface area contributed by atoms with Crippen molar-refractivity contribution in [3.63, 3.8) is 0 Å². The molecule has 0 N–H and O–H groups in total. The van der Waals surface area contributed by atoms with Gasteiger partial charge in [-0.2, -0.15) is 4.31 Å². The summed E-state index contributed by atoms with van der Waals surface area (Å²) >= 11 is 11.1. The van der Waals surface area contributed by atoms with E-state index in [4.69, 9.17) is 21.3 Å². The smallest absolute Gasteiger partial charge is 0.244 e. The van der Waals surface area contributed by atoms with Crippen molar-refractivity contribution in [3.8, 4) is 5.75 Å². The molecule has 1 aliphatic heterocycles. The minimum Gasteiger partial charge on any atom is -0.497 e. The molecule has 1 aromatic heterocycles. The maximum Gasteiger partial charge on any atom is 0.244 e. The van der Waals surface area contributed by atoms with Gasteiger partial charge in [-0.3, -0.25) is 0 Å². The molecule has 0 atom stereocenters. The van der Waals surface area contributed by atoms with Gasteiger partial charge in [-0.1, -0.05) is 39.7 Å². The maximum atomic E-state index is 13.0. The molecule has 2 aromatic carbocycles. The Hall–Kier alpha value is -1.65. The lowest BCUT2D eigenvalue weighted by Crippen LogP contribution is -2.48. The van der Waals surface area contributed by atoms with Gasteiger partial charge in [-0.15, -0.1) is 11.3 Å². The number of halogens is 2. The molecule has 31 heavy (non-hydrogen) atoms. The summed E-state index contributed by atoms with van der Waals surface area (Å²) in [6.45, 7) is 1.94. The summed E-state index contributed by atoms with van der Waals surface area (Å²) in [4.78, 5) is 7.04. The summed E-state index contributed by atoms with van der Waals surface area (Å²) in [7, 11) is -1.97. The third-order valence-corrected chi connectivity index (χ3v) is 8.90. The molecular formula is C21H21BrClN3O3S2. The molecule has 164 valence electrons. The molecule has 2 heterocycles. The third-order valence-electron chi connectivity index (χ3n) is 5.08. The monoisotopic (exact) mass is 541 g/mol. The number of sulfonamides is 1. The van der Waals surface area contributed by atoms with Crippen LogP contribution in [0, 0.1) is 0 Å². The van der Waals surface area contributed by atoms with E-state index in [1.807, 2.05) is 18.2 Å². The first-order valence-corrected chi connectivity index (χ1v) is 13.1. The first-order chi connectivity index (χ1) is 14.9. The van der Waals surface area contributed by atoms with Crippen LogP contribution in [0.25, 0.3) is 0 Å². The molecule has 4 rings (SSSR count). The number of ether oxygens (including phenoxy) is 1. The van der Waals surface area contributed by atoms with E-state index in [1.165, 1.54) is 4.31 Å². The van der Waals surface area contributed by atoms with Crippen LogP contribution in [-0.2, 0) is 16.4 Å². The largest absolute Gasteiger partial charge is 0.497 e. The molecule has 1 saturated heterocycles. The second-order valence-electron chi connectivity index (χ2n) is 7.12. The van der Waals surface area contributed by atoms with Crippen LogP contribution >= 0.6 is 38.9 Å². The Morgan fingerprint density at radius 1 is 1.16 bits per heavy atom. The fraction of sp³-hybridized carbons (Fsp3) is 0.286. The minimum absolute atomic E-state index is 0.139. The second kappa shape index (κ2) is 9.46. The van der Waals surface area contributed by atoms with Crippen LogP contribution in [0.4, 0.5) is 5.13 Å². The lowest BCUT2D eigenvalue weighted by Gasteiger charge is -2.34. The van der Waals surface area contributed by atoms with Gasteiger partial charge in [0.15, 0.2) is 5.13 Å². The van der Waals surface area contributed by atoms with E-state index < -0.39 is 10.0 Å². The Kier molecular flexibility index (Phi) is 6.88. The highest BCUT2D eigenvalue weighted by Crippen LogP contribution is 2.30. The molecule has 0 radical (unpaired) electrons. The number of hydrogen-bond acceptors (Lipinski definition) is 6. The topological polar surface area (TPSA) is 62.7 Å². The summed E-state index contributed by atoms with van der Waals surface area (Å²) in [5.74, 6) is 0.830. The van der Waals surface area contributed by atoms with E-state index >= 15 is 0 Å². The molecule has 0 amide bonds. The zero-order valence-corrected chi connectivity index (χ0v) is 20.8. The van der Waals surface area contributed by atoms with Gasteiger partial charge in [0.05, 0.1) is 17.8 Å². The van der Waals surface area contributed by atoms with Crippen molar-refractivity contribution in [3.05, 3.63) is 68.6 Å². The zero-order valence-electron chi connectivity index (χ0n) is 16.8. The van der Waals surface area contributed by atoms with Gasteiger partial charge in [0, 0.05) is 42.5 Å². The van der Waals surface area contributed by atoms with Crippen LogP contribution in [0.1, 0.15) is 11.3 Å². The molecule has 1 fully saturated rings. The fourth-order valence-electron chi connectivity index (χ4n) is 3.46. The molecule has 0 saturated carbocycles. The summed E-state index contributed by atoms with van der Waals surface area (Å²) in [5, 5.41) is 3.19. The van der Waals surface area contributed by atoms with E-state index in [0.717, 1.165) is 33.0 Å². The highest BCUT2D eigenvalue weighted by Gasteiger charge is 2.30. The normalized spacial score (nSPS) is 15.3. The van der Waals surface area contributed by atoms with E-state index in [9.17, 15) is 8.42 Å². The lowest BCUT2D eigenvalue weighted by atomic mass is 10.1. The molecule has 3 aromatic rings. The number of hydrogen-bond donors (Lipinski definition) is 0. The zero-order chi connectivity index (χ0) is 22.0. The van der Waals surface area contributed by atoms with Crippen molar-refractivity contribution < 1.29 is 13.2 Å². The average Bonchev–Trinajstić information content (AvgIpc) is 3.22. The van der Waals surface area contributed by atoms with E-state index in [-0.39, 0.29) is 9.92 Å². The van der Waals surface area contributed by atoms with E-state index in [0.29, 0.717) is 26.2 Å². The maximum absolute atomic E-state index is 13.0. The predicted octanol–water partition coefficient (Wildman–Crippen LogP) is 4.67. The number of methoxy groups -OCH3 is 1. The second-order valence-corrected chi connectivity index (χ2v) is 11.2. The Morgan fingerprint density at radius 3 is 2.65 bits per heavy atom. The highest BCUT2D eigenvalue weighted by molar-refractivity contribution is 9.10. The summed E-state index contributed by atoms with van der Waals surface area (Å²) in [6.07, 6.45) is 0.726. The van der Waals surface area contributed by atoms with Crippen molar-refractivity contribution >= 4 is 54.0 Å². The Labute approximate surface area is 199 Å². The molecule has 0 spiro atoms. The molecule has 1 aliphatic rings. The van der Waals surface area contributed by atoms with Gasteiger partial charge in [0.25, 0.3) is 0 Å². The van der Waals surface area contributed by atoms with Gasteiger partial charge in [-0.25, -0.2) is 13.4 Å². The molecule has 0 unspecified atom stereocenters. The van der Waals surface area contributed by atoms with Crippen molar-refractivity contribution in [2.45, 2.75) is 11.3 Å². The van der Waals surface area contributed by atoms with Crippen LogP contribution in [-0.4, -0.2) is 51.0 Å². The number of benzene rings is 2. The first kappa shape index (κ1) is 22.5. The van der Waals surface area contributed by atoms with Crippen LogP contribution in [0.3, 0.4) is 0 Å². The summed E-state index contributed by atoms with van der Waals surface area (Å²) < 4.78 is 33.5. The van der Waals surface area contributed by atoms with E-state index in [2.05, 4.69) is 32.3 Å². The molecular weight excluding hydrogens is 522 g/mol. The van der Waals surface area contributed by atoms with E-state index in [1.54, 1.807) is 36.6 Å². The number of piperazine rings is 1. The summed E-state index contributed by atoms with van der Waals surface area (Å²) in [6, 6.07) is 12.8. The van der Waals surface area contributed by atoms with Crippen LogP contribution in [0.2, 0.25) is 5.02 Å². The number of thiazole rings is 1. The fourth-order valence-corrected chi connectivity index (χ4v) is 6.77. The van der Waals surface area contributed by atoms with Crippen molar-refractivity contribution in [1.82, 2.24) is 9.29 Å². The van der Waals surface area contributed by atoms with Gasteiger partial charge in [0.1, 0.15) is 10.6 Å². The molecule has 0 aliphatic carbocycles. The van der Waals surface area contributed by atoms with Gasteiger partial charge >= 0.3 is 0 Å². The number of rotatable bonds is 6. The Balaban J connectivity index is 1.41. The van der Waals surface area contributed by atoms with Crippen molar-refractivity contribution in [1.29, 1.82) is 0 Å². The molecule has 0 bridgehead atoms. The van der Waals surface area contributed by atoms with Crippen LogP contribution < -0.4 is 9.64 Å². The Morgan fingerprint density at radius 2 is 1.94 bits per heavy atom. The van der Waals surface area contributed by atoms with Crippen LogP contribution in [0.5, 0.6) is 5.75 Å². The van der Waals surface area contributed by atoms with Crippen molar-refractivity contribution in [2.75, 3.05) is 38.2 Å². The lowest BCUT2D eigenvalue weighted by molar-refractivity contribution is 0.384. The number of nitrogens with zero attached hydrogens (tertiary/aromatic N) is 3. The van der Waals surface area contributed by atoms with Gasteiger partial charge < -0.3 is 9.64 Å². The highest BCUT2D eigenvalue weighted by atomic mass is 79.9. The quantitative estimate of drug-likeness (QED) is 0.453.